The molecule has 0 atom stereocenters. The van der Waals surface area contributed by atoms with Crippen LogP contribution in [-0.2, 0) is 4.74 Å². The maximum Gasteiger partial charge on any atom is 0.410 e. The quantitative estimate of drug-likeness (QED) is 0.813. The molecule has 0 aliphatic carbocycles. The number of nitrogens with zero attached hydrogens (tertiary/aromatic N) is 3. The summed E-state index contributed by atoms with van der Waals surface area (Å²) in [5, 5.41) is 5.96. The van der Waals surface area contributed by atoms with Gasteiger partial charge < -0.3 is 14.5 Å². The van der Waals surface area contributed by atoms with Crippen molar-refractivity contribution in [2.24, 2.45) is 0 Å². The van der Waals surface area contributed by atoms with Gasteiger partial charge in [0.05, 0.1) is 0 Å². The Kier molecular flexibility index (Phi) is 4.48. The molecule has 2 rings (SSSR count). The van der Waals surface area contributed by atoms with Crippen LogP contribution in [0.25, 0.3) is 0 Å². The lowest BCUT2D eigenvalue weighted by molar-refractivity contribution is 0.0140. The Bertz CT molecular complexity index is 592. The number of hydrogen-bond acceptors (Lipinski definition) is 5. The smallest absolute Gasteiger partial charge is 0.410 e. The fourth-order valence-electron chi connectivity index (χ4n) is 2.04. The van der Waals surface area contributed by atoms with E-state index < -0.39 is 5.60 Å². The fourth-order valence-corrected chi connectivity index (χ4v) is 2.04. The summed E-state index contributed by atoms with van der Waals surface area (Å²) in [7, 11) is 0. The third-order valence-corrected chi connectivity index (χ3v) is 3.12. The van der Waals surface area contributed by atoms with Crippen molar-refractivity contribution in [1.29, 1.82) is 0 Å². The number of hydrogen-bond donors (Lipinski definition) is 1. The summed E-state index contributed by atoms with van der Waals surface area (Å²) in [4.78, 5) is 38.3. The first-order chi connectivity index (χ1) is 10.3. The minimum absolute atomic E-state index is 0.185. The van der Waals surface area contributed by atoms with Gasteiger partial charge in [-0.1, -0.05) is 0 Å². The monoisotopic (exact) mass is 308 g/mol. The molecule has 2 amide bonds. The molecule has 1 aliphatic rings. The van der Waals surface area contributed by atoms with Crippen molar-refractivity contribution >= 4 is 12.0 Å². The number of carbonyl (C=O) groups is 2. The van der Waals surface area contributed by atoms with Crippen molar-refractivity contribution in [3.63, 3.8) is 0 Å². The summed E-state index contributed by atoms with van der Waals surface area (Å²) in [6, 6.07) is 2.65. The van der Waals surface area contributed by atoms with E-state index >= 15 is 0 Å². The molecule has 1 aliphatic heterocycles. The maximum atomic E-state index is 12.2. The topological polar surface area (TPSA) is 95.6 Å². The maximum absolute atomic E-state index is 12.2. The van der Waals surface area contributed by atoms with Crippen molar-refractivity contribution in [1.82, 2.24) is 20.0 Å². The normalized spacial score (nSPS) is 15.6. The van der Waals surface area contributed by atoms with Gasteiger partial charge in [-0.2, -0.15) is 5.10 Å². The van der Waals surface area contributed by atoms with E-state index in [0.29, 0.717) is 26.2 Å². The standard InChI is InChI=1S/C14H20N4O4/c1-14(2,3)22-13(21)18-8-6-17(7-9-18)12(20)10-4-5-11(19)16-15-10/h4-5H,6-9H2,1-3H3,(H,16,19). The van der Waals surface area contributed by atoms with Crippen LogP contribution in [0, 0.1) is 0 Å². The van der Waals surface area contributed by atoms with E-state index in [1.165, 1.54) is 12.1 Å². The van der Waals surface area contributed by atoms with E-state index in [-0.39, 0.29) is 23.3 Å². The number of rotatable bonds is 1. The van der Waals surface area contributed by atoms with Crippen LogP contribution in [0.15, 0.2) is 16.9 Å². The van der Waals surface area contributed by atoms with Gasteiger partial charge in [-0.15, -0.1) is 0 Å². The van der Waals surface area contributed by atoms with Gasteiger partial charge >= 0.3 is 6.09 Å². The number of aromatic nitrogens is 2. The van der Waals surface area contributed by atoms with Crippen LogP contribution in [0.4, 0.5) is 4.79 Å². The van der Waals surface area contributed by atoms with E-state index in [0.717, 1.165) is 0 Å². The molecule has 1 aromatic rings. The third-order valence-electron chi connectivity index (χ3n) is 3.12. The van der Waals surface area contributed by atoms with E-state index in [2.05, 4.69) is 10.2 Å². The molecule has 120 valence electrons. The number of aromatic amines is 1. The Morgan fingerprint density at radius 1 is 1.14 bits per heavy atom. The molecule has 1 aromatic heterocycles. The highest BCUT2D eigenvalue weighted by molar-refractivity contribution is 5.92. The minimum atomic E-state index is -0.538. The van der Waals surface area contributed by atoms with E-state index in [9.17, 15) is 14.4 Å². The molecule has 0 aromatic carbocycles. The van der Waals surface area contributed by atoms with Crippen molar-refractivity contribution in [3.05, 3.63) is 28.2 Å². The summed E-state index contributed by atoms with van der Waals surface area (Å²) in [5.74, 6) is -0.264. The number of H-pyrrole nitrogens is 1. The number of piperazine rings is 1. The average Bonchev–Trinajstić information content (AvgIpc) is 2.46. The van der Waals surface area contributed by atoms with Crippen molar-refractivity contribution in [2.45, 2.75) is 26.4 Å². The summed E-state index contributed by atoms with van der Waals surface area (Å²) in [6.45, 7) is 7.05. The molecule has 1 N–H and O–H groups in total. The molecule has 22 heavy (non-hydrogen) atoms. The van der Waals surface area contributed by atoms with E-state index in [1.807, 2.05) is 20.8 Å². The van der Waals surface area contributed by atoms with Gasteiger partial charge in [0.1, 0.15) is 11.3 Å². The number of nitrogens with one attached hydrogen (secondary N) is 1. The van der Waals surface area contributed by atoms with Crippen LogP contribution in [0.2, 0.25) is 0 Å². The molecule has 0 spiro atoms. The molecule has 0 unspecified atom stereocenters. The lowest BCUT2D eigenvalue weighted by Gasteiger charge is -2.35. The van der Waals surface area contributed by atoms with Gasteiger partial charge in [0.25, 0.3) is 11.5 Å². The molecular formula is C14H20N4O4. The highest BCUT2D eigenvalue weighted by atomic mass is 16.6. The lowest BCUT2D eigenvalue weighted by Crippen LogP contribution is -2.51. The van der Waals surface area contributed by atoms with E-state index in [4.69, 9.17) is 4.74 Å². The molecule has 0 bridgehead atoms. The molecule has 2 heterocycles. The van der Waals surface area contributed by atoms with Crippen LogP contribution < -0.4 is 5.56 Å². The first-order valence-corrected chi connectivity index (χ1v) is 7.09. The first kappa shape index (κ1) is 16.0. The van der Waals surface area contributed by atoms with Gasteiger partial charge in [0.15, 0.2) is 0 Å². The zero-order valence-electron chi connectivity index (χ0n) is 13.0. The Balaban J connectivity index is 1.92. The Morgan fingerprint density at radius 2 is 1.73 bits per heavy atom. The van der Waals surface area contributed by atoms with Crippen LogP contribution in [0.1, 0.15) is 31.3 Å². The number of ether oxygens (including phenoxy) is 1. The van der Waals surface area contributed by atoms with Crippen molar-refractivity contribution < 1.29 is 14.3 Å². The number of carbonyl (C=O) groups excluding carboxylic acids is 2. The molecule has 0 saturated carbocycles. The predicted molar refractivity (Wildman–Crippen MR) is 78.6 cm³/mol. The summed E-state index contributed by atoms with van der Waals surface area (Å²) in [6.07, 6.45) is -0.373. The first-order valence-electron chi connectivity index (χ1n) is 7.09. The largest absolute Gasteiger partial charge is 0.444 e. The highest BCUT2D eigenvalue weighted by Gasteiger charge is 2.28. The van der Waals surface area contributed by atoms with Crippen LogP contribution in [0.3, 0.4) is 0 Å². The Hall–Kier alpha value is -2.38. The molecule has 8 heteroatoms. The summed E-state index contributed by atoms with van der Waals surface area (Å²) < 4.78 is 5.30. The Labute approximate surface area is 128 Å². The van der Waals surface area contributed by atoms with Gasteiger partial charge in [-0.05, 0) is 26.8 Å². The predicted octanol–water partition coefficient (Wildman–Crippen LogP) is 0.463. The van der Waals surface area contributed by atoms with Crippen LogP contribution >= 0.6 is 0 Å². The van der Waals surface area contributed by atoms with E-state index in [1.54, 1.807) is 9.80 Å². The SMILES string of the molecule is CC(C)(C)OC(=O)N1CCN(C(=O)c2ccc(=O)[nH]n2)CC1. The van der Waals surface area contributed by atoms with Gasteiger partial charge in [-0.25, -0.2) is 9.89 Å². The second-order valence-corrected chi connectivity index (χ2v) is 6.07. The molecule has 1 saturated heterocycles. The summed E-state index contributed by atoms with van der Waals surface area (Å²) >= 11 is 0. The Morgan fingerprint density at radius 3 is 2.23 bits per heavy atom. The number of amides is 2. The molecule has 1 fully saturated rings. The van der Waals surface area contributed by atoms with Crippen molar-refractivity contribution in [3.8, 4) is 0 Å². The molecule has 8 nitrogen and oxygen atoms in total. The van der Waals surface area contributed by atoms with Crippen LogP contribution in [-0.4, -0.2) is 63.8 Å². The molecular weight excluding hydrogens is 288 g/mol. The fraction of sp³-hybridized carbons (Fsp3) is 0.571. The second-order valence-electron chi connectivity index (χ2n) is 6.07. The zero-order chi connectivity index (χ0) is 16.3. The van der Waals surface area contributed by atoms with Gasteiger partial charge in [0.2, 0.25) is 0 Å². The summed E-state index contributed by atoms with van der Waals surface area (Å²) in [5.41, 5.74) is -0.708. The zero-order valence-corrected chi connectivity index (χ0v) is 13.0. The minimum Gasteiger partial charge on any atom is -0.444 e. The average molecular weight is 308 g/mol. The van der Waals surface area contributed by atoms with Gasteiger partial charge in [0, 0.05) is 32.2 Å². The van der Waals surface area contributed by atoms with Crippen molar-refractivity contribution in [2.75, 3.05) is 26.2 Å². The van der Waals surface area contributed by atoms with Gasteiger partial charge in [-0.3, -0.25) is 9.59 Å². The molecule has 0 radical (unpaired) electrons. The lowest BCUT2D eigenvalue weighted by atomic mass is 10.2. The van der Waals surface area contributed by atoms with Crippen LogP contribution in [0.5, 0.6) is 0 Å². The third kappa shape index (κ3) is 4.06. The second kappa shape index (κ2) is 6.17. The highest BCUT2D eigenvalue weighted by Crippen LogP contribution is 2.12.